The third-order valence-corrected chi connectivity index (χ3v) is 4.14. The van der Waals surface area contributed by atoms with Crippen LogP contribution < -0.4 is 0 Å². The number of benzene rings is 1. The van der Waals surface area contributed by atoms with Crippen molar-refractivity contribution in [1.82, 2.24) is 4.90 Å². The SMILES string of the molecule is OC(C1=CCCC=C1)[C@@H]1CN(Cc2ccccc2)CCO1. The molecule has 1 heterocycles. The van der Waals surface area contributed by atoms with Crippen LogP contribution in [0.5, 0.6) is 0 Å². The molecule has 1 aromatic carbocycles. The van der Waals surface area contributed by atoms with E-state index in [1.165, 1.54) is 5.56 Å². The van der Waals surface area contributed by atoms with Crippen LogP contribution in [-0.2, 0) is 11.3 Å². The minimum Gasteiger partial charge on any atom is -0.386 e. The Hall–Kier alpha value is -1.42. The lowest BCUT2D eigenvalue weighted by atomic mass is 9.97. The summed E-state index contributed by atoms with van der Waals surface area (Å²) in [5, 5.41) is 10.5. The van der Waals surface area contributed by atoms with E-state index in [1.54, 1.807) is 0 Å². The molecular formula is C18H23NO2. The third-order valence-electron chi connectivity index (χ3n) is 4.14. The Morgan fingerprint density at radius 2 is 2.10 bits per heavy atom. The topological polar surface area (TPSA) is 32.7 Å². The van der Waals surface area contributed by atoms with Gasteiger partial charge in [0.05, 0.1) is 6.61 Å². The summed E-state index contributed by atoms with van der Waals surface area (Å²) in [6.07, 6.45) is 7.74. The van der Waals surface area contributed by atoms with E-state index in [0.29, 0.717) is 6.61 Å². The highest BCUT2D eigenvalue weighted by Crippen LogP contribution is 2.20. The van der Waals surface area contributed by atoms with Gasteiger partial charge in [-0.3, -0.25) is 4.90 Å². The van der Waals surface area contributed by atoms with Crippen molar-refractivity contribution in [1.29, 1.82) is 0 Å². The maximum atomic E-state index is 10.5. The van der Waals surface area contributed by atoms with Crippen molar-refractivity contribution >= 4 is 0 Å². The van der Waals surface area contributed by atoms with Crippen LogP contribution in [0.3, 0.4) is 0 Å². The molecule has 112 valence electrons. The van der Waals surface area contributed by atoms with Crippen LogP contribution in [0, 0.1) is 0 Å². The molecule has 1 saturated heterocycles. The first-order valence-electron chi connectivity index (χ1n) is 7.75. The summed E-state index contributed by atoms with van der Waals surface area (Å²) in [6.45, 7) is 3.31. The maximum Gasteiger partial charge on any atom is 0.106 e. The number of hydrogen-bond donors (Lipinski definition) is 1. The van der Waals surface area contributed by atoms with E-state index in [9.17, 15) is 5.11 Å². The fraction of sp³-hybridized carbons (Fsp3) is 0.444. The van der Waals surface area contributed by atoms with Crippen LogP contribution in [0.1, 0.15) is 18.4 Å². The molecule has 0 radical (unpaired) electrons. The molecule has 3 heteroatoms. The van der Waals surface area contributed by atoms with Crippen LogP contribution in [0.4, 0.5) is 0 Å². The molecule has 1 aromatic rings. The van der Waals surface area contributed by atoms with Crippen molar-refractivity contribution in [2.45, 2.75) is 31.6 Å². The number of rotatable bonds is 4. The number of hydrogen-bond acceptors (Lipinski definition) is 3. The fourth-order valence-electron chi connectivity index (χ4n) is 2.98. The van der Waals surface area contributed by atoms with Crippen molar-refractivity contribution in [3.05, 3.63) is 59.7 Å². The Kier molecular flexibility index (Phi) is 4.86. The van der Waals surface area contributed by atoms with E-state index in [1.807, 2.05) is 12.1 Å². The predicted molar refractivity (Wildman–Crippen MR) is 83.9 cm³/mol. The number of aliphatic hydroxyl groups excluding tert-OH is 1. The van der Waals surface area contributed by atoms with E-state index in [2.05, 4.69) is 41.3 Å². The second kappa shape index (κ2) is 7.03. The van der Waals surface area contributed by atoms with Gasteiger partial charge in [0.1, 0.15) is 12.2 Å². The average Bonchev–Trinajstić information content (AvgIpc) is 2.56. The van der Waals surface area contributed by atoms with Gasteiger partial charge >= 0.3 is 0 Å². The summed E-state index contributed by atoms with van der Waals surface area (Å²) in [4.78, 5) is 2.36. The number of allylic oxidation sites excluding steroid dienone is 2. The van der Waals surface area contributed by atoms with Gasteiger partial charge in [0, 0.05) is 19.6 Å². The third kappa shape index (κ3) is 3.82. The smallest absolute Gasteiger partial charge is 0.106 e. The van der Waals surface area contributed by atoms with Crippen LogP contribution in [-0.4, -0.2) is 41.9 Å². The van der Waals surface area contributed by atoms with Crippen molar-refractivity contribution in [2.24, 2.45) is 0 Å². The normalized spacial score (nSPS) is 24.6. The molecule has 1 fully saturated rings. The predicted octanol–water partition coefficient (Wildman–Crippen LogP) is 2.52. The molecule has 21 heavy (non-hydrogen) atoms. The molecule has 1 unspecified atom stereocenters. The quantitative estimate of drug-likeness (QED) is 0.922. The minimum atomic E-state index is -0.514. The van der Waals surface area contributed by atoms with Crippen molar-refractivity contribution in [2.75, 3.05) is 19.7 Å². The van der Waals surface area contributed by atoms with Gasteiger partial charge < -0.3 is 9.84 Å². The first-order chi connectivity index (χ1) is 10.3. The first kappa shape index (κ1) is 14.5. The molecule has 3 nitrogen and oxygen atoms in total. The molecule has 0 saturated carbocycles. The highest BCUT2D eigenvalue weighted by molar-refractivity contribution is 5.27. The summed E-state index contributed by atoms with van der Waals surface area (Å²) in [5.41, 5.74) is 2.32. The number of nitrogens with zero attached hydrogens (tertiary/aromatic N) is 1. The molecule has 2 atom stereocenters. The van der Waals surface area contributed by atoms with Gasteiger partial charge in [0.15, 0.2) is 0 Å². The molecule has 0 spiro atoms. The van der Waals surface area contributed by atoms with E-state index in [4.69, 9.17) is 4.74 Å². The lowest BCUT2D eigenvalue weighted by molar-refractivity contribution is -0.0786. The summed E-state index contributed by atoms with van der Waals surface area (Å²) < 4.78 is 5.79. The molecule has 0 aromatic heterocycles. The van der Waals surface area contributed by atoms with Crippen LogP contribution >= 0.6 is 0 Å². The standard InChI is InChI=1S/C18H23NO2/c20-18(16-9-5-2-6-10-16)17-14-19(11-12-21-17)13-15-7-3-1-4-8-15/h1,3-5,7-10,17-18,20H,2,6,11-14H2/t17-,18?/m0/s1. The summed E-state index contributed by atoms with van der Waals surface area (Å²) >= 11 is 0. The summed E-state index contributed by atoms with van der Waals surface area (Å²) in [7, 11) is 0. The van der Waals surface area contributed by atoms with Crippen molar-refractivity contribution < 1.29 is 9.84 Å². The van der Waals surface area contributed by atoms with E-state index in [-0.39, 0.29) is 6.10 Å². The Morgan fingerprint density at radius 3 is 2.86 bits per heavy atom. The molecule has 2 aliphatic rings. The molecule has 0 bridgehead atoms. The molecule has 1 aliphatic carbocycles. The Balaban J connectivity index is 1.60. The zero-order valence-corrected chi connectivity index (χ0v) is 12.3. The highest BCUT2D eigenvalue weighted by atomic mass is 16.5. The lowest BCUT2D eigenvalue weighted by Crippen LogP contribution is -2.47. The first-order valence-corrected chi connectivity index (χ1v) is 7.75. The van der Waals surface area contributed by atoms with Gasteiger partial charge in [-0.1, -0.05) is 48.6 Å². The largest absolute Gasteiger partial charge is 0.386 e. The molecule has 3 rings (SSSR count). The Morgan fingerprint density at radius 1 is 1.24 bits per heavy atom. The second-order valence-corrected chi connectivity index (χ2v) is 5.76. The average molecular weight is 285 g/mol. The second-order valence-electron chi connectivity index (χ2n) is 5.76. The van der Waals surface area contributed by atoms with E-state index in [0.717, 1.165) is 38.0 Å². The molecular weight excluding hydrogens is 262 g/mol. The number of morpholine rings is 1. The summed E-state index contributed by atoms with van der Waals surface area (Å²) in [6, 6.07) is 10.5. The number of aliphatic hydroxyl groups is 1. The minimum absolute atomic E-state index is 0.128. The molecule has 0 amide bonds. The monoisotopic (exact) mass is 285 g/mol. The van der Waals surface area contributed by atoms with Crippen LogP contribution in [0.25, 0.3) is 0 Å². The van der Waals surface area contributed by atoms with Gasteiger partial charge in [-0.25, -0.2) is 0 Å². The Labute approximate surface area is 126 Å². The Bertz CT molecular complexity index is 509. The molecule has 1 aliphatic heterocycles. The number of ether oxygens (including phenoxy) is 1. The van der Waals surface area contributed by atoms with Crippen molar-refractivity contribution in [3.8, 4) is 0 Å². The van der Waals surface area contributed by atoms with Gasteiger partial charge in [-0.2, -0.15) is 0 Å². The van der Waals surface area contributed by atoms with Crippen LogP contribution in [0.2, 0.25) is 0 Å². The van der Waals surface area contributed by atoms with Gasteiger partial charge in [-0.15, -0.1) is 0 Å². The van der Waals surface area contributed by atoms with E-state index < -0.39 is 6.10 Å². The van der Waals surface area contributed by atoms with Crippen LogP contribution in [0.15, 0.2) is 54.1 Å². The van der Waals surface area contributed by atoms with Crippen molar-refractivity contribution in [3.63, 3.8) is 0 Å². The van der Waals surface area contributed by atoms with Gasteiger partial charge in [0.2, 0.25) is 0 Å². The molecule has 1 N–H and O–H groups in total. The zero-order valence-electron chi connectivity index (χ0n) is 12.3. The zero-order chi connectivity index (χ0) is 14.5. The fourth-order valence-corrected chi connectivity index (χ4v) is 2.98. The summed E-state index contributed by atoms with van der Waals surface area (Å²) in [5.74, 6) is 0. The van der Waals surface area contributed by atoms with E-state index >= 15 is 0 Å². The lowest BCUT2D eigenvalue weighted by Gasteiger charge is -2.35. The highest BCUT2D eigenvalue weighted by Gasteiger charge is 2.28. The maximum absolute atomic E-state index is 10.5. The van der Waals surface area contributed by atoms with Gasteiger partial charge in [0.25, 0.3) is 0 Å². The van der Waals surface area contributed by atoms with Gasteiger partial charge in [-0.05, 0) is 24.0 Å².